The summed E-state index contributed by atoms with van der Waals surface area (Å²) in [6.45, 7) is 10.1. The van der Waals surface area contributed by atoms with E-state index < -0.39 is 0 Å². The van der Waals surface area contributed by atoms with Crippen LogP contribution in [0.15, 0.2) is 24.3 Å². The van der Waals surface area contributed by atoms with Crippen molar-refractivity contribution in [2.45, 2.75) is 46.6 Å². The number of hydrogen-bond acceptors (Lipinski definition) is 3. The van der Waals surface area contributed by atoms with Gasteiger partial charge in [0.2, 0.25) is 5.91 Å². The molecule has 5 heteroatoms. The van der Waals surface area contributed by atoms with Crippen molar-refractivity contribution in [1.29, 1.82) is 0 Å². The molecule has 1 aromatic carbocycles. The van der Waals surface area contributed by atoms with Crippen LogP contribution >= 0.6 is 0 Å². The molecule has 2 rings (SSSR count). The summed E-state index contributed by atoms with van der Waals surface area (Å²) in [5.74, 6) is 0.870. The predicted molar refractivity (Wildman–Crippen MR) is 99.8 cm³/mol. The van der Waals surface area contributed by atoms with Gasteiger partial charge in [-0.15, -0.1) is 0 Å². The van der Waals surface area contributed by atoms with Gasteiger partial charge in [0.25, 0.3) is 0 Å². The van der Waals surface area contributed by atoms with Crippen LogP contribution in [0.5, 0.6) is 5.75 Å². The van der Waals surface area contributed by atoms with E-state index in [1.165, 1.54) is 0 Å². The van der Waals surface area contributed by atoms with Crippen molar-refractivity contribution in [3.63, 3.8) is 0 Å². The van der Waals surface area contributed by atoms with Gasteiger partial charge in [0.15, 0.2) is 0 Å². The van der Waals surface area contributed by atoms with Crippen molar-refractivity contribution in [2.24, 2.45) is 13.0 Å². The maximum Gasteiger partial charge on any atom is 0.227 e. The largest absolute Gasteiger partial charge is 0.497 e. The van der Waals surface area contributed by atoms with Gasteiger partial charge >= 0.3 is 0 Å². The van der Waals surface area contributed by atoms with Crippen LogP contribution in [0, 0.1) is 19.8 Å². The molecule has 0 radical (unpaired) electrons. The lowest BCUT2D eigenvalue weighted by atomic mass is 9.93. The van der Waals surface area contributed by atoms with Gasteiger partial charge in [-0.3, -0.25) is 9.48 Å². The lowest BCUT2D eigenvalue weighted by Gasteiger charge is -2.25. The summed E-state index contributed by atoms with van der Waals surface area (Å²) in [4.78, 5) is 12.9. The average molecular weight is 343 g/mol. The molecule has 0 saturated carbocycles. The molecule has 1 amide bonds. The summed E-state index contributed by atoms with van der Waals surface area (Å²) in [7, 11) is 3.56. The zero-order valence-corrected chi connectivity index (χ0v) is 16.3. The normalized spacial score (nSPS) is 13.6. The Labute approximate surface area is 150 Å². The highest BCUT2D eigenvalue weighted by Crippen LogP contribution is 2.27. The van der Waals surface area contributed by atoms with Crippen LogP contribution in [0.3, 0.4) is 0 Å². The predicted octanol–water partition coefficient (Wildman–Crippen LogP) is 3.66. The molecule has 136 valence electrons. The molecule has 0 aliphatic carbocycles. The molecule has 5 nitrogen and oxygen atoms in total. The van der Waals surface area contributed by atoms with E-state index in [0.29, 0.717) is 0 Å². The van der Waals surface area contributed by atoms with Crippen molar-refractivity contribution in [1.82, 2.24) is 15.1 Å². The van der Waals surface area contributed by atoms with E-state index in [2.05, 4.69) is 24.3 Å². The molecule has 0 unspecified atom stereocenters. The molecule has 0 spiro atoms. The lowest BCUT2D eigenvalue weighted by molar-refractivity contribution is -0.123. The number of aryl methyl sites for hydroxylation is 2. The first-order valence-electron chi connectivity index (χ1n) is 8.70. The third-order valence-electron chi connectivity index (χ3n) is 4.83. The minimum Gasteiger partial charge on any atom is -0.497 e. The van der Waals surface area contributed by atoms with Gasteiger partial charge in [0.1, 0.15) is 5.75 Å². The first kappa shape index (κ1) is 19.0. The quantitative estimate of drug-likeness (QED) is 0.871. The van der Waals surface area contributed by atoms with Crippen LogP contribution < -0.4 is 10.1 Å². The number of amides is 1. The second kappa shape index (κ2) is 7.72. The van der Waals surface area contributed by atoms with Crippen molar-refractivity contribution >= 4 is 5.91 Å². The van der Waals surface area contributed by atoms with Crippen molar-refractivity contribution in [2.75, 3.05) is 7.11 Å². The Bertz CT molecular complexity index is 732. The maximum absolute atomic E-state index is 12.9. The van der Waals surface area contributed by atoms with E-state index in [9.17, 15) is 4.79 Å². The van der Waals surface area contributed by atoms with Crippen LogP contribution in [-0.4, -0.2) is 22.8 Å². The third-order valence-corrected chi connectivity index (χ3v) is 4.83. The molecule has 25 heavy (non-hydrogen) atoms. The molecule has 1 N–H and O–H groups in total. The Morgan fingerprint density at radius 3 is 2.20 bits per heavy atom. The van der Waals surface area contributed by atoms with E-state index in [1.54, 1.807) is 7.11 Å². The van der Waals surface area contributed by atoms with Crippen LogP contribution in [0.25, 0.3) is 0 Å². The minimum atomic E-state index is -0.242. The molecule has 2 atom stereocenters. The molecule has 0 saturated heterocycles. The second-order valence-corrected chi connectivity index (χ2v) is 6.93. The van der Waals surface area contributed by atoms with E-state index in [-0.39, 0.29) is 23.8 Å². The molecule has 0 aliphatic heterocycles. The molecule has 0 aliphatic rings. The fourth-order valence-corrected chi connectivity index (χ4v) is 3.27. The zero-order valence-electron chi connectivity index (χ0n) is 16.3. The number of methoxy groups -OCH3 is 1. The number of benzene rings is 1. The van der Waals surface area contributed by atoms with Gasteiger partial charge in [0, 0.05) is 18.3 Å². The summed E-state index contributed by atoms with van der Waals surface area (Å²) in [6.07, 6.45) is 0. The fourth-order valence-electron chi connectivity index (χ4n) is 3.27. The van der Waals surface area contributed by atoms with Crippen LogP contribution in [-0.2, 0) is 11.8 Å². The van der Waals surface area contributed by atoms with Crippen molar-refractivity contribution in [3.8, 4) is 5.75 Å². The summed E-state index contributed by atoms with van der Waals surface area (Å²) in [6, 6.07) is 7.83. The average Bonchev–Trinajstić information content (AvgIpc) is 2.84. The first-order valence-corrected chi connectivity index (χ1v) is 8.70. The Balaban J connectivity index is 2.22. The number of nitrogens with zero attached hydrogens (tertiary/aromatic N) is 2. The highest BCUT2D eigenvalue weighted by atomic mass is 16.5. The van der Waals surface area contributed by atoms with Gasteiger partial charge < -0.3 is 10.1 Å². The van der Waals surface area contributed by atoms with E-state index >= 15 is 0 Å². The maximum atomic E-state index is 12.9. The topological polar surface area (TPSA) is 56.1 Å². The molecule has 1 aromatic heterocycles. The van der Waals surface area contributed by atoms with E-state index in [0.717, 1.165) is 28.3 Å². The standard InChI is InChI=1S/C20H29N3O2/c1-12(2)19(16-8-10-17(25-7)11-9-16)21-20(24)13(3)18-14(4)22-23(6)15(18)5/h8-13,19H,1-7H3,(H,21,24)/t13-,19+/m0/s1. The number of hydrogen-bond donors (Lipinski definition) is 1. The summed E-state index contributed by atoms with van der Waals surface area (Å²) < 4.78 is 7.05. The number of nitrogens with one attached hydrogen (secondary N) is 1. The molecule has 2 aromatic rings. The molecular formula is C20H29N3O2. The smallest absolute Gasteiger partial charge is 0.227 e. The molecular weight excluding hydrogens is 314 g/mol. The number of carbonyl (C=O) groups excluding carboxylic acids is 1. The minimum absolute atomic E-state index is 0.0220. The molecule has 0 fully saturated rings. The van der Waals surface area contributed by atoms with Crippen molar-refractivity contribution in [3.05, 3.63) is 46.8 Å². The number of ether oxygens (including phenoxy) is 1. The van der Waals surface area contributed by atoms with Gasteiger partial charge in [-0.1, -0.05) is 26.0 Å². The summed E-state index contributed by atoms with van der Waals surface area (Å²) in [5, 5.41) is 7.64. The van der Waals surface area contributed by atoms with E-state index in [4.69, 9.17) is 4.74 Å². The lowest BCUT2D eigenvalue weighted by Crippen LogP contribution is -2.34. The summed E-state index contributed by atoms with van der Waals surface area (Å²) >= 11 is 0. The number of aromatic nitrogens is 2. The molecule has 0 bridgehead atoms. The second-order valence-electron chi connectivity index (χ2n) is 6.93. The highest BCUT2D eigenvalue weighted by Gasteiger charge is 2.26. The third kappa shape index (κ3) is 4.03. The highest BCUT2D eigenvalue weighted by molar-refractivity contribution is 5.84. The molecule has 1 heterocycles. The Morgan fingerprint density at radius 2 is 1.76 bits per heavy atom. The SMILES string of the molecule is COc1ccc([C@H](NC(=O)[C@@H](C)c2c(C)nn(C)c2C)C(C)C)cc1. The van der Waals surface area contributed by atoms with Crippen LogP contribution in [0.2, 0.25) is 0 Å². The van der Waals surface area contributed by atoms with Gasteiger partial charge in [-0.25, -0.2) is 0 Å². The zero-order chi connectivity index (χ0) is 18.7. The van der Waals surface area contributed by atoms with Gasteiger partial charge in [-0.05, 0) is 44.4 Å². The van der Waals surface area contributed by atoms with Crippen molar-refractivity contribution < 1.29 is 9.53 Å². The van der Waals surface area contributed by atoms with Crippen LogP contribution in [0.1, 0.15) is 55.2 Å². The van der Waals surface area contributed by atoms with Crippen LogP contribution in [0.4, 0.5) is 0 Å². The fraction of sp³-hybridized carbons (Fsp3) is 0.500. The monoisotopic (exact) mass is 343 g/mol. The first-order chi connectivity index (χ1) is 11.8. The Hall–Kier alpha value is -2.30. The Kier molecular flexibility index (Phi) is 5.88. The van der Waals surface area contributed by atoms with Gasteiger partial charge in [-0.2, -0.15) is 5.10 Å². The van der Waals surface area contributed by atoms with E-state index in [1.807, 2.05) is 56.8 Å². The number of rotatable bonds is 6. The van der Waals surface area contributed by atoms with Gasteiger partial charge in [0.05, 0.1) is 24.8 Å². The Morgan fingerprint density at radius 1 is 1.16 bits per heavy atom. The number of carbonyl (C=O) groups is 1. The summed E-state index contributed by atoms with van der Waals surface area (Å²) in [5.41, 5.74) is 4.03.